The molecule has 0 spiro atoms. The summed E-state index contributed by atoms with van der Waals surface area (Å²) < 4.78 is 0. The summed E-state index contributed by atoms with van der Waals surface area (Å²) in [6.45, 7) is 1.32. The minimum atomic E-state index is 0. The smallest absolute Gasteiger partial charge is 1.00 e. The van der Waals surface area contributed by atoms with Crippen molar-refractivity contribution in [3.8, 4) is 0 Å². The molecule has 1 nitrogen and oxygen atoms in total. The van der Waals surface area contributed by atoms with Crippen LogP contribution in [-0.4, -0.2) is 29.3 Å². The maximum Gasteiger partial charge on any atom is 2.00 e. The average molecular weight is 103 g/mol. The van der Waals surface area contributed by atoms with Crippen molar-refractivity contribution >= 4 is 29.3 Å². The van der Waals surface area contributed by atoms with Gasteiger partial charge in [-0.05, 0) is 0 Å². The number of rotatable bonds is 0. The molecule has 3 heteroatoms. The molecule has 0 saturated heterocycles. The van der Waals surface area contributed by atoms with E-state index in [2.05, 4.69) is 0 Å². The van der Waals surface area contributed by atoms with E-state index < -0.39 is 0 Å². The zero-order valence-corrected chi connectivity index (χ0v) is 5.16. The molecular formula is C2H3ClMgO. The van der Waals surface area contributed by atoms with E-state index in [-0.39, 0.29) is 35.5 Å². The summed E-state index contributed by atoms with van der Waals surface area (Å²) in [5.41, 5.74) is 0. The van der Waals surface area contributed by atoms with E-state index >= 15 is 0 Å². The van der Waals surface area contributed by atoms with Gasteiger partial charge in [0.25, 0.3) is 0 Å². The van der Waals surface area contributed by atoms with E-state index in [0.29, 0.717) is 0 Å². The molecule has 0 aliphatic carbocycles. The van der Waals surface area contributed by atoms with E-state index in [1.165, 1.54) is 13.2 Å². The summed E-state index contributed by atoms with van der Waals surface area (Å²) >= 11 is 0. The Kier molecular flexibility index (Phi) is 75.8. The molecular weight excluding hydrogens is 99.8 g/mol. The number of hydrogen-bond acceptors (Lipinski definition) is 1. The molecule has 0 amide bonds. The van der Waals surface area contributed by atoms with E-state index in [9.17, 15) is 0 Å². The van der Waals surface area contributed by atoms with Crippen LogP contribution in [0.2, 0.25) is 0 Å². The Labute approximate surface area is 53.7 Å². The Morgan fingerprint density at radius 1 is 1.60 bits per heavy atom. The first-order valence-electron chi connectivity index (χ1n) is 0.704. The maximum atomic E-state index is 8.68. The first kappa shape index (κ1) is 17.2. The predicted octanol–water partition coefficient (Wildman–Crippen LogP) is -3.26. The van der Waals surface area contributed by atoms with Crippen molar-refractivity contribution in [2.75, 3.05) is 0 Å². The van der Waals surface area contributed by atoms with Crippen molar-refractivity contribution in [1.29, 1.82) is 0 Å². The van der Waals surface area contributed by atoms with Crippen LogP contribution in [0.1, 0.15) is 6.92 Å². The first-order valence-corrected chi connectivity index (χ1v) is 0.704. The van der Waals surface area contributed by atoms with Crippen LogP contribution >= 0.6 is 0 Å². The topological polar surface area (TPSA) is 17.1 Å². The first-order chi connectivity index (χ1) is 1.41. The van der Waals surface area contributed by atoms with Crippen molar-refractivity contribution in [2.45, 2.75) is 6.92 Å². The van der Waals surface area contributed by atoms with Crippen LogP contribution in [0.15, 0.2) is 0 Å². The Morgan fingerprint density at radius 2 is 1.60 bits per heavy atom. The molecule has 0 fully saturated rings. The van der Waals surface area contributed by atoms with Crippen molar-refractivity contribution in [1.82, 2.24) is 0 Å². The van der Waals surface area contributed by atoms with E-state index in [1.807, 2.05) is 0 Å². The van der Waals surface area contributed by atoms with E-state index in [1.54, 1.807) is 0 Å². The third-order valence-corrected chi connectivity index (χ3v) is 0. The van der Waals surface area contributed by atoms with Crippen molar-refractivity contribution in [3.05, 3.63) is 0 Å². The van der Waals surface area contributed by atoms with Gasteiger partial charge in [-0.3, -0.25) is 6.29 Å². The molecule has 0 aromatic heterocycles. The zero-order chi connectivity index (χ0) is 2.71. The second kappa shape index (κ2) is 22.0. The third kappa shape index (κ3) is 66.6. The molecule has 0 heterocycles. The van der Waals surface area contributed by atoms with Crippen molar-refractivity contribution in [2.24, 2.45) is 0 Å². The summed E-state index contributed by atoms with van der Waals surface area (Å²) in [5.74, 6) is 0. The summed E-state index contributed by atoms with van der Waals surface area (Å²) in [6, 6.07) is 0. The fourth-order valence-corrected chi connectivity index (χ4v) is 0. The Hall–Kier alpha value is 0.726. The monoisotopic (exact) mass is 102 g/mol. The second-order valence-electron chi connectivity index (χ2n) is 0.204. The van der Waals surface area contributed by atoms with Crippen LogP contribution in [0.3, 0.4) is 0 Å². The van der Waals surface area contributed by atoms with Gasteiger partial charge in [0, 0.05) is 0 Å². The molecule has 26 valence electrons. The van der Waals surface area contributed by atoms with Crippen LogP contribution in [-0.2, 0) is 4.79 Å². The normalized spacial score (nSPS) is 2.60. The zero-order valence-electron chi connectivity index (χ0n) is 2.99. The molecule has 5 heavy (non-hydrogen) atoms. The van der Waals surface area contributed by atoms with Crippen LogP contribution < -0.4 is 12.4 Å². The molecule has 0 aromatic carbocycles. The van der Waals surface area contributed by atoms with Crippen LogP contribution in [0.4, 0.5) is 0 Å². The van der Waals surface area contributed by atoms with Crippen LogP contribution in [0.25, 0.3) is 0 Å². The van der Waals surface area contributed by atoms with Gasteiger partial charge in [0.15, 0.2) is 0 Å². The summed E-state index contributed by atoms with van der Waals surface area (Å²) in [7, 11) is 0. The largest absolute Gasteiger partial charge is 2.00 e. The fraction of sp³-hybridized carbons (Fsp3) is 0.500. The van der Waals surface area contributed by atoms with Crippen LogP contribution in [0.5, 0.6) is 0 Å². The minimum absolute atomic E-state index is 0. The van der Waals surface area contributed by atoms with Gasteiger partial charge in [0.2, 0.25) is 0 Å². The van der Waals surface area contributed by atoms with Crippen molar-refractivity contribution < 1.29 is 17.2 Å². The van der Waals surface area contributed by atoms with Gasteiger partial charge in [0.05, 0.1) is 0 Å². The van der Waals surface area contributed by atoms with Gasteiger partial charge >= 0.3 is 23.1 Å². The van der Waals surface area contributed by atoms with Crippen LogP contribution in [0, 0.1) is 0 Å². The molecule has 0 aromatic rings. The summed E-state index contributed by atoms with van der Waals surface area (Å²) in [6.07, 6.45) is 1.50. The maximum absolute atomic E-state index is 8.68. The second-order valence-corrected chi connectivity index (χ2v) is 0.204. The molecule has 0 radical (unpaired) electrons. The number of hydrogen-bond donors (Lipinski definition) is 0. The molecule has 0 rings (SSSR count). The minimum Gasteiger partial charge on any atom is -1.00 e. The summed E-state index contributed by atoms with van der Waals surface area (Å²) in [4.78, 5) is 8.68. The Balaban J connectivity index is -0.0000000200. The third-order valence-electron chi connectivity index (χ3n) is 0. The quantitative estimate of drug-likeness (QED) is 0.232. The van der Waals surface area contributed by atoms with Gasteiger partial charge in [-0.1, -0.05) is 0 Å². The van der Waals surface area contributed by atoms with Gasteiger partial charge in [-0.2, -0.15) is 6.92 Å². The van der Waals surface area contributed by atoms with Gasteiger partial charge in [0.1, 0.15) is 0 Å². The SMILES string of the molecule is C[C-]=O.[Cl-].[Mg+2]. The molecule has 0 aliphatic rings. The number of halogens is 1. The van der Waals surface area contributed by atoms with Gasteiger partial charge in [-0.15, -0.1) is 0 Å². The summed E-state index contributed by atoms with van der Waals surface area (Å²) in [5, 5.41) is 0. The molecule has 0 atom stereocenters. The van der Waals surface area contributed by atoms with Gasteiger partial charge < -0.3 is 17.2 Å². The Morgan fingerprint density at radius 3 is 1.60 bits per heavy atom. The fourth-order valence-electron chi connectivity index (χ4n) is 0. The number of carbonyl (C=O) groups excluding carboxylic acids is 1. The van der Waals surface area contributed by atoms with E-state index in [4.69, 9.17) is 4.79 Å². The molecule has 0 unspecified atom stereocenters. The molecule has 0 N–H and O–H groups in total. The predicted molar refractivity (Wildman–Crippen MR) is 17.1 cm³/mol. The van der Waals surface area contributed by atoms with E-state index in [0.717, 1.165) is 0 Å². The molecule has 0 bridgehead atoms. The average Bonchev–Trinajstić information content (AvgIpc) is 0.918. The van der Waals surface area contributed by atoms with Crippen molar-refractivity contribution in [3.63, 3.8) is 0 Å². The van der Waals surface area contributed by atoms with Gasteiger partial charge in [-0.25, -0.2) is 0 Å². The molecule has 0 saturated carbocycles. The molecule has 0 aliphatic heterocycles. The Bertz CT molecular complexity index is 17.1. The standard InChI is InChI=1S/C2H3O.ClH.Mg/c1-2-3;;/h1H3;1H;/q-1;;+2/p-1.